The van der Waals surface area contributed by atoms with E-state index in [1.54, 1.807) is 12.1 Å². The van der Waals surface area contributed by atoms with Gasteiger partial charge in [-0.3, -0.25) is 4.98 Å². The number of pyridine rings is 1. The molecule has 21 heavy (non-hydrogen) atoms. The lowest BCUT2D eigenvalue weighted by Gasteiger charge is -2.19. The van der Waals surface area contributed by atoms with E-state index < -0.39 is 11.7 Å². The van der Waals surface area contributed by atoms with Crippen LogP contribution in [0, 0.1) is 0 Å². The third-order valence-corrected chi connectivity index (χ3v) is 2.31. The summed E-state index contributed by atoms with van der Waals surface area (Å²) >= 11 is 0. The molecule has 3 N–H and O–H groups in total. The minimum atomic E-state index is -0.480. The zero-order chi connectivity index (χ0) is 15.7. The molecule has 0 unspecified atom stereocenters. The Kier molecular flexibility index (Phi) is 6.68. The zero-order valence-electron chi connectivity index (χ0n) is 12.7. The van der Waals surface area contributed by atoms with Gasteiger partial charge in [-0.15, -0.1) is 0 Å². The molecule has 1 aromatic heterocycles. The van der Waals surface area contributed by atoms with E-state index in [0.717, 1.165) is 5.69 Å². The highest BCUT2D eigenvalue weighted by molar-refractivity contribution is 5.67. The lowest BCUT2D eigenvalue weighted by molar-refractivity contribution is 0.0534. The van der Waals surface area contributed by atoms with Gasteiger partial charge in [-0.25, -0.2) is 4.79 Å². The number of amides is 1. The molecule has 0 atom stereocenters. The second-order valence-electron chi connectivity index (χ2n) is 5.49. The molecular weight excluding hydrogens is 270 g/mol. The lowest BCUT2D eigenvalue weighted by Crippen LogP contribution is -2.32. The van der Waals surface area contributed by atoms with Gasteiger partial charge < -0.3 is 20.5 Å². The molecule has 6 heteroatoms. The van der Waals surface area contributed by atoms with Crippen LogP contribution in [0.15, 0.2) is 30.5 Å². The number of nitrogens with one attached hydrogen (secondary N) is 2. The van der Waals surface area contributed by atoms with Crippen LogP contribution in [0.25, 0.3) is 0 Å². The third kappa shape index (κ3) is 8.65. The Labute approximate surface area is 125 Å². The maximum Gasteiger partial charge on any atom is 0.407 e. The second-order valence-corrected chi connectivity index (χ2v) is 5.49. The summed E-state index contributed by atoms with van der Waals surface area (Å²) in [6.07, 6.45) is 4.75. The monoisotopic (exact) mass is 293 g/mol. The first-order valence-corrected chi connectivity index (χ1v) is 6.83. The van der Waals surface area contributed by atoms with Crippen LogP contribution in [0.5, 0.6) is 5.75 Å². The molecule has 0 spiro atoms. The summed E-state index contributed by atoms with van der Waals surface area (Å²) in [5.74, 6) is 0.159. The highest BCUT2D eigenvalue weighted by Gasteiger charge is 2.14. The fourth-order valence-corrected chi connectivity index (χ4v) is 1.43. The van der Waals surface area contributed by atoms with Crippen molar-refractivity contribution in [3.63, 3.8) is 0 Å². The molecule has 0 fully saturated rings. The first kappa shape index (κ1) is 17.0. The molecule has 1 rings (SSSR count). The van der Waals surface area contributed by atoms with Crippen LogP contribution in [0.4, 0.5) is 4.79 Å². The van der Waals surface area contributed by atoms with Gasteiger partial charge in [0.25, 0.3) is 0 Å². The van der Waals surface area contributed by atoms with Crippen LogP contribution >= 0.6 is 0 Å². The molecule has 1 amide bonds. The Morgan fingerprint density at radius 2 is 2.05 bits per heavy atom. The number of ether oxygens (including phenoxy) is 1. The van der Waals surface area contributed by atoms with Crippen molar-refractivity contribution >= 4 is 6.09 Å². The van der Waals surface area contributed by atoms with Crippen LogP contribution in [0.2, 0.25) is 0 Å². The smallest absolute Gasteiger partial charge is 0.407 e. The largest absolute Gasteiger partial charge is 0.506 e. The number of hydrogen-bond donors (Lipinski definition) is 3. The van der Waals surface area contributed by atoms with E-state index in [1.807, 2.05) is 32.9 Å². The van der Waals surface area contributed by atoms with E-state index in [4.69, 9.17) is 9.84 Å². The fourth-order valence-electron chi connectivity index (χ4n) is 1.43. The van der Waals surface area contributed by atoms with E-state index >= 15 is 0 Å². The van der Waals surface area contributed by atoms with E-state index in [2.05, 4.69) is 15.6 Å². The van der Waals surface area contributed by atoms with Crippen LogP contribution in [-0.4, -0.2) is 34.9 Å². The molecule has 6 nitrogen and oxygen atoms in total. The highest BCUT2D eigenvalue weighted by atomic mass is 16.6. The average molecular weight is 293 g/mol. The molecule has 1 aromatic rings. The molecular formula is C15H23N3O3. The average Bonchev–Trinajstić information content (AvgIpc) is 2.37. The van der Waals surface area contributed by atoms with Crippen molar-refractivity contribution in [1.82, 2.24) is 15.6 Å². The van der Waals surface area contributed by atoms with Gasteiger partial charge in [0.15, 0.2) is 0 Å². The molecule has 0 aliphatic rings. The summed E-state index contributed by atoms with van der Waals surface area (Å²) in [5.41, 5.74) is 0.375. The van der Waals surface area contributed by atoms with Gasteiger partial charge in [0.05, 0.1) is 11.9 Å². The summed E-state index contributed by atoms with van der Waals surface area (Å²) in [5, 5.41) is 14.9. The molecule has 0 saturated heterocycles. The summed E-state index contributed by atoms with van der Waals surface area (Å²) in [6, 6.07) is 3.36. The van der Waals surface area contributed by atoms with Gasteiger partial charge in [-0.2, -0.15) is 0 Å². The number of nitrogens with zero attached hydrogens (tertiary/aromatic N) is 1. The van der Waals surface area contributed by atoms with Crippen LogP contribution in [-0.2, 0) is 11.3 Å². The van der Waals surface area contributed by atoms with Crippen molar-refractivity contribution in [2.24, 2.45) is 0 Å². The van der Waals surface area contributed by atoms with Crippen molar-refractivity contribution in [2.45, 2.75) is 32.9 Å². The Hall–Kier alpha value is -2.08. The topological polar surface area (TPSA) is 83.5 Å². The van der Waals surface area contributed by atoms with Crippen molar-refractivity contribution in [3.8, 4) is 5.75 Å². The van der Waals surface area contributed by atoms with Gasteiger partial charge in [0, 0.05) is 19.6 Å². The number of carbonyl (C=O) groups excluding carboxylic acids is 1. The van der Waals surface area contributed by atoms with Gasteiger partial charge in [0.2, 0.25) is 0 Å². The van der Waals surface area contributed by atoms with Crippen molar-refractivity contribution in [1.29, 1.82) is 0 Å². The van der Waals surface area contributed by atoms with Gasteiger partial charge in [-0.1, -0.05) is 12.2 Å². The molecule has 0 aliphatic carbocycles. The van der Waals surface area contributed by atoms with Gasteiger partial charge >= 0.3 is 6.09 Å². The number of rotatable bonds is 6. The number of hydrogen-bond acceptors (Lipinski definition) is 5. The van der Waals surface area contributed by atoms with Crippen LogP contribution in [0.3, 0.4) is 0 Å². The number of aromatic nitrogens is 1. The second kappa shape index (κ2) is 8.26. The first-order chi connectivity index (χ1) is 9.87. The van der Waals surface area contributed by atoms with Gasteiger partial charge in [0.1, 0.15) is 11.4 Å². The zero-order valence-corrected chi connectivity index (χ0v) is 12.7. The van der Waals surface area contributed by atoms with E-state index in [-0.39, 0.29) is 5.75 Å². The number of aromatic hydroxyl groups is 1. The molecule has 0 aromatic carbocycles. The van der Waals surface area contributed by atoms with E-state index in [9.17, 15) is 4.79 Å². The molecule has 0 radical (unpaired) electrons. The Bertz CT molecular complexity index is 464. The molecule has 116 valence electrons. The van der Waals surface area contributed by atoms with E-state index in [1.165, 1.54) is 6.20 Å². The minimum absolute atomic E-state index is 0.159. The molecule has 0 bridgehead atoms. The lowest BCUT2D eigenvalue weighted by atomic mass is 10.2. The first-order valence-electron chi connectivity index (χ1n) is 6.83. The number of alkyl carbamates (subject to hydrolysis) is 1. The van der Waals surface area contributed by atoms with E-state index in [0.29, 0.717) is 19.6 Å². The fraction of sp³-hybridized carbons (Fsp3) is 0.467. The Morgan fingerprint density at radius 1 is 1.33 bits per heavy atom. The Morgan fingerprint density at radius 3 is 2.67 bits per heavy atom. The molecule has 0 saturated carbocycles. The number of carbonyl (C=O) groups is 1. The standard InChI is InChI=1S/C15H23N3O3/c1-15(2,3)21-14(20)17-9-5-4-8-16-10-12-6-7-13(19)11-18-12/h4-7,11,16,19H,8-10H2,1-3H3,(H,17,20)/b5-4+. The SMILES string of the molecule is CC(C)(C)OC(=O)NC/C=C/CNCc1ccc(O)cn1. The summed E-state index contributed by atoms with van der Waals surface area (Å²) in [7, 11) is 0. The van der Waals surface area contributed by atoms with Gasteiger partial charge in [-0.05, 0) is 32.9 Å². The molecule has 1 heterocycles. The Balaban J connectivity index is 2.10. The summed E-state index contributed by atoms with van der Waals surface area (Å²) in [6.45, 7) is 7.17. The summed E-state index contributed by atoms with van der Waals surface area (Å²) < 4.78 is 5.10. The molecule has 0 aliphatic heterocycles. The van der Waals surface area contributed by atoms with Crippen molar-refractivity contribution in [3.05, 3.63) is 36.2 Å². The quantitative estimate of drug-likeness (QED) is 0.551. The predicted octanol–water partition coefficient (Wildman–Crippen LogP) is 1.96. The normalized spacial score (nSPS) is 11.6. The maximum atomic E-state index is 11.3. The summed E-state index contributed by atoms with van der Waals surface area (Å²) in [4.78, 5) is 15.4. The third-order valence-electron chi connectivity index (χ3n) is 2.31. The maximum absolute atomic E-state index is 11.3. The highest BCUT2D eigenvalue weighted by Crippen LogP contribution is 2.06. The van der Waals surface area contributed by atoms with Crippen molar-refractivity contribution < 1.29 is 14.6 Å². The minimum Gasteiger partial charge on any atom is -0.506 e. The van der Waals surface area contributed by atoms with Crippen LogP contribution in [0.1, 0.15) is 26.5 Å². The van der Waals surface area contributed by atoms with Crippen LogP contribution < -0.4 is 10.6 Å². The van der Waals surface area contributed by atoms with Crippen molar-refractivity contribution in [2.75, 3.05) is 13.1 Å². The predicted molar refractivity (Wildman–Crippen MR) is 81.0 cm³/mol.